The van der Waals surface area contributed by atoms with Crippen molar-refractivity contribution in [3.63, 3.8) is 0 Å². The summed E-state index contributed by atoms with van der Waals surface area (Å²) in [5, 5.41) is 3.84. The summed E-state index contributed by atoms with van der Waals surface area (Å²) < 4.78 is 0. The maximum atomic E-state index is 13.4. The van der Waals surface area contributed by atoms with Crippen LogP contribution in [0.4, 0.5) is 11.4 Å². The van der Waals surface area contributed by atoms with Gasteiger partial charge in [0.05, 0.1) is 12.1 Å². The molecule has 0 saturated carbocycles. The highest BCUT2D eigenvalue weighted by Crippen LogP contribution is 2.45. The van der Waals surface area contributed by atoms with E-state index in [1.54, 1.807) is 72.9 Å². The van der Waals surface area contributed by atoms with Gasteiger partial charge in [-0.1, -0.05) is 41.4 Å². The second kappa shape index (κ2) is 7.26. The van der Waals surface area contributed by atoms with E-state index in [1.807, 2.05) is 0 Å². The fraction of sp³-hybridized carbons (Fsp3) is 0.0952. The van der Waals surface area contributed by atoms with Crippen LogP contribution in [0.5, 0.6) is 0 Å². The molecule has 0 radical (unpaired) electrons. The van der Waals surface area contributed by atoms with Gasteiger partial charge in [0.2, 0.25) is 5.91 Å². The molecule has 0 bridgehead atoms. The summed E-state index contributed by atoms with van der Waals surface area (Å²) in [6, 6.07) is 19.0. The van der Waals surface area contributed by atoms with E-state index in [4.69, 9.17) is 23.2 Å². The molecule has 1 aromatic heterocycles. The van der Waals surface area contributed by atoms with Gasteiger partial charge in [0.15, 0.2) is 5.54 Å². The minimum atomic E-state index is -1.27. The summed E-state index contributed by atoms with van der Waals surface area (Å²) in [5.41, 5.74) is 0.286. The second-order valence-corrected chi connectivity index (χ2v) is 7.30. The van der Waals surface area contributed by atoms with Gasteiger partial charge in [-0.3, -0.25) is 19.5 Å². The number of carbonyl (C=O) groups is 2. The van der Waals surface area contributed by atoms with Crippen LogP contribution in [0.15, 0.2) is 72.9 Å². The lowest BCUT2D eigenvalue weighted by Crippen LogP contribution is -2.67. The maximum absolute atomic E-state index is 13.4. The number of pyridine rings is 1. The van der Waals surface area contributed by atoms with E-state index in [1.165, 1.54) is 4.90 Å². The molecule has 0 spiro atoms. The Morgan fingerprint density at radius 1 is 1.00 bits per heavy atom. The molecule has 7 heteroatoms. The van der Waals surface area contributed by atoms with E-state index in [0.29, 0.717) is 27.1 Å². The third kappa shape index (κ3) is 3.13. The Balaban J connectivity index is 1.79. The van der Waals surface area contributed by atoms with Gasteiger partial charge < -0.3 is 5.32 Å². The predicted molar refractivity (Wildman–Crippen MR) is 110 cm³/mol. The molecule has 1 saturated heterocycles. The molecule has 3 aromatic rings. The van der Waals surface area contributed by atoms with Gasteiger partial charge in [-0.15, -0.1) is 0 Å². The Labute approximate surface area is 171 Å². The van der Waals surface area contributed by atoms with Crippen molar-refractivity contribution in [2.75, 3.05) is 10.2 Å². The Hall–Kier alpha value is -2.89. The van der Waals surface area contributed by atoms with Crippen molar-refractivity contribution < 1.29 is 9.59 Å². The largest absolute Gasteiger partial charge is 0.324 e. The lowest BCUT2D eigenvalue weighted by Gasteiger charge is -2.49. The van der Waals surface area contributed by atoms with Gasteiger partial charge in [-0.05, 0) is 48.5 Å². The van der Waals surface area contributed by atoms with Crippen molar-refractivity contribution in [1.82, 2.24) is 4.98 Å². The molecular weight excluding hydrogens is 397 g/mol. The number of nitrogens with one attached hydrogen (secondary N) is 1. The van der Waals surface area contributed by atoms with Crippen molar-refractivity contribution in [1.29, 1.82) is 0 Å². The molecule has 28 heavy (non-hydrogen) atoms. The Bertz CT molecular complexity index is 1060. The third-order valence-electron chi connectivity index (χ3n) is 4.65. The Kier molecular flexibility index (Phi) is 4.79. The molecule has 0 aliphatic carbocycles. The van der Waals surface area contributed by atoms with Crippen LogP contribution in [0.3, 0.4) is 0 Å². The minimum absolute atomic E-state index is 0.00290. The van der Waals surface area contributed by atoms with Crippen molar-refractivity contribution in [2.24, 2.45) is 0 Å². The average molecular weight is 412 g/mol. The number of carbonyl (C=O) groups excluding carboxylic acids is 2. The zero-order valence-corrected chi connectivity index (χ0v) is 16.1. The van der Waals surface area contributed by atoms with Crippen molar-refractivity contribution in [2.45, 2.75) is 12.0 Å². The summed E-state index contributed by atoms with van der Waals surface area (Å²) >= 11 is 12.1. The molecule has 1 atom stereocenters. The third-order valence-corrected chi connectivity index (χ3v) is 5.12. The zero-order chi connectivity index (χ0) is 19.7. The molecule has 1 unspecified atom stereocenters. The number of β-lactam (4-membered cyclic amide) rings is 1. The summed E-state index contributed by atoms with van der Waals surface area (Å²) in [7, 11) is 0. The lowest BCUT2D eigenvalue weighted by atomic mass is 9.78. The summed E-state index contributed by atoms with van der Waals surface area (Å²) in [6.45, 7) is 0. The van der Waals surface area contributed by atoms with Crippen LogP contribution >= 0.6 is 23.2 Å². The van der Waals surface area contributed by atoms with Crippen LogP contribution in [0.1, 0.15) is 12.1 Å². The number of nitrogens with zero attached hydrogens (tertiary/aromatic N) is 2. The molecule has 1 N–H and O–H groups in total. The van der Waals surface area contributed by atoms with E-state index < -0.39 is 5.54 Å². The number of amides is 2. The van der Waals surface area contributed by atoms with Crippen LogP contribution < -0.4 is 10.2 Å². The topological polar surface area (TPSA) is 62.3 Å². The summed E-state index contributed by atoms with van der Waals surface area (Å²) in [5.74, 6) is -0.554. The maximum Gasteiger partial charge on any atom is 0.257 e. The first-order valence-corrected chi connectivity index (χ1v) is 9.33. The highest BCUT2D eigenvalue weighted by Gasteiger charge is 2.59. The van der Waals surface area contributed by atoms with E-state index in [9.17, 15) is 9.59 Å². The quantitative estimate of drug-likeness (QED) is 0.634. The molecule has 1 aliphatic heterocycles. The first kappa shape index (κ1) is 18.5. The van der Waals surface area contributed by atoms with E-state index >= 15 is 0 Å². The van der Waals surface area contributed by atoms with Crippen LogP contribution in [0, 0.1) is 0 Å². The number of anilines is 2. The van der Waals surface area contributed by atoms with Crippen LogP contribution in [0.2, 0.25) is 10.0 Å². The molecular formula is C21H15Cl2N3O2. The first-order valence-electron chi connectivity index (χ1n) is 8.58. The van der Waals surface area contributed by atoms with Gasteiger partial charge in [-0.25, -0.2) is 0 Å². The average Bonchev–Trinajstić information content (AvgIpc) is 2.66. The second-order valence-electron chi connectivity index (χ2n) is 6.43. The van der Waals surface area contributed by atoms with Crippen molar-refractivity contribution in [3.8, 4) is 0 Å². The smallest absolute Gasteiger partial charge is 0.257 e. The predicted octanol–water partition coefficient (Wildman–Crippen LogP) is 4.66. The molecule has 4 rings (SSSR count). The van der Waals surface area contributed by atoms with Gasteiger partial charge in [0.1, 0.15) is 0 Å². The van der Waals surface area contributed by atoms with E-state index in [2.05, 4.69) is 10.3 Å². The van der Waals surface area contributed by atoms with Gasteiger partial charge in [0.25, 0.3) is 5.91 Å². The monoisotopic (exact) mass is 411 g/mol. The number of aromatic nitrogens is 1. The Morgan fingerprint density at radius 3 is 2.39 bits per heavy atom. The van der Waals surface area contributed by atoms with E-state index in [-0.39, 0.29) is 18.2 Å². The van der Waals surface area contributed by atoms with Crippen molar-refractivity contribution >= 4 is 46.4 Å². The molecule has 1 fully saturated rings. The minimum Gasteiger partial charge on any atom is -0.324 e. The zero-order valence-electron chi connectivity index (χ0n) is 14.6. The fourth-order valence-corrected chi connectivity index (χ4v) is 3.76. The first-order chi connectivity index (χ1) is 13.5. The van der Waals surface area contributed by atoms with Gasteiger partial charge in [0, 0.05) is 27.6 Å². The normalized spacial score (nSPS) is 18.5. The molecule has 140 valence electrons. The molecule has 5 nitrogen and oxygen atoms in total. The van der Waals surface area contributed by atoms with E-state index in [0.717, 1.165) is 0 Å². The number of halogens is 2. The fourth-order valence-electron chi connectivity index (χ4n) is 3.39. The molecule has 1 aliphatic rings. The highest BCUT2D eigenvalue weighted by atomic mass is 35.5. The summed E-state index contributed by atoms with van der Waals surface area (Å²) in [6.07, 6.45) is 1.60. The van der Waals surface area contributed by atoms with Crippen molar-refractivity contribution in [3.05, 3.63) is 88.7 Å². The molecule has 2 aromatic carbocycles. The molecule has 2 heterocycles. The Morgan fingerprint density at radius 2 is 1.75 bits per heavy atom. The molecule has 2 amide bonds. The van der Waals surface area contributed by atoms with Crippen LogP contribution in [-0.4, -0.2) is 16.8 Å². The summed E-state index contributed by atoms with van der Waals surface area (Å²) in [4.78, 5) is 31.8. The standard InChI is InChI=1S/C21H15Cl2N3O2/c22-14-5-3-7-16(11-14)25-20(28)21(18-9-1-2-10-24-18)13-19(27)26(21)17-8-4-6-15(23)12-17/h1-12H,13H2,(H,25,28). The lowest BCUT2D eigenvalue weighted by molar-refractivity contribution is -0.137. The number of benzene rings is 2. The highest BCUT2D eigenvalue weighted by molar-refractivity contribution is 6.31. The van der Waals surface area contributed by atoms with Gasteiger partial charge in [-0.2, -0.15) is 0 Å². The number of hydrogen-bond acceptors (Lipinski definition) is 3. The van der Waals surface area contributed by atoms with Gasteiger partial charge >= 0.3 is 0 Å². The van der Waals surface area contributed by atoms with Crippen LogP contribution in [0.25, 0.3) is 0 Å². The SMILES string of the molecule is O=C1CC(C(=O)Nc2cccc(Cl)c2)(c2ccccn2)N1c1cccc(Cl)c1. The van der Waals surface area contributed by atoms with Crippen LogP contribution in [-0.2, 0) is 15.1 Å². The number of rotatable bonds is 4. The number of hydrogen-bond donors (Lipinski definition) is 1.